The SMILES string of the molecule is O=C(Cc1ccccc1[N+](=O)[O-])N/N=C/c1cc(I)c(OCc2cccc3ccccc23)c(I)c1. The molecule has 0 radical (unpaired) electrons. The lowest BCUT2D eigenvalue weighted by atomic mass is 10.1. The Labute approximate surface area is 229 Å². The maximum atomic E-state index is 12.2. The van der Waals surface area contributed by atoms with E-state index in [1.54, 1.807) is 18.2 Å². The molecule has 9 heteroatoms. The van der Waals surface area contributed by atoms with Gasteiger partial charge in [-0.15, -0.1) is 0 Å². The van der Waals surface area contributed by atoms with Crippen molar-refractivity contribution in [2.45, 2.75) is 13.0 Å². The Morgan fingerprint density at radius 3 is 2.40 bits per heavy atom. The third-order valence-corrected chi connectivity index (χ3v) is 6.82. The first-order valence-corrected chi connectivity index (χ1v) is 12.7. The Balaban J connectivity index is 1.40. The minimum Gasteiger partial charge on any atom is -0.487 e. The number of rotatable bonds is 8. The highest BCUT2D eigenvalue weighted by Crippen LogP contribution is 2.30. The van der Waals surface area contributed by atoms with Crippen molar-refractivity contribution in [2.24, 2.45) is 5.10 Å². The number of carbonyl (C=O) groups is 1. The molecule has 0 aliphatic rings. The second kappa shape index (κ2) is 11.6. The Hall–Kier alpha value is -3.06. The van der Waals surface area contributed by atoms with Crippen LogP contribution in [0, 0.1) is 17.3 Å². The quantitative estimate of drug-likeness (QED) is 0.103. The summed E-state index contributed by atoms with van der Waals surface area (Å²) in [5.74, 6) is 0.353. The minimum absolute atomic E-state index is 0.0881. The van der Waals surface area contributed by atoms with E-state index in [0.717, 1.165) is 24.0 Å². The topological polar surface area (TPSA) is 93.8 Å². The molecular weight excluding hydrogens is 672 g/mol. The Morgan fingerprint density at radius 1 is 0.971 bits per heavy atom. The molecule has 0 aliphatic carbocycles. The maximum absolute atomic E-state index is 12.2. The summed E-state index contributed by atoms with van der Waals surface area (Å²) in [6.45, 7) is 0.447. The van der Waals surface area contributed by atoms with Crippen molar-refractivity contribution in [3.05, 3.63) is 113 Å². The van der Waals surface area contributed by atoms with Crippen LogP contribution in [0.1, 0.15) is 16.7 Å². The highest BCUT2D eigenvalue weighted by Gasteiger charge is 2.15. The number of halogens is 2. The van der Waals surface area contributed by atoms with Crippen LogP contribution in [0.5, 0.6) is 5.75 Å². The van der Waals surface area contributed by atoms with Gasteiger partial charge in [-0.1, -0.05) is 60.7 Å². The van der Waals surface area contributed by atoms with Gasteiger partial charge in [0.25, 0.3) is 5.69 Å². The number of hydrazone groups is 1. The number of para-hydroxylation sites is 1. The summed E-state index contributed by atoms with van der Waals surface area (Å²) in [4.78, 5) is 22.8. The number of nitrogens with one attached hydrogen (secondary N) is 1. The van der Waals surface area contributed by atoms with Crippen molar-refractivity contribution in [3.8, 4) is 5.75 Å². The van der Waals surface area contributed by atoms with Crippen LogP contribution in [0.15, 0.2) is 84.0 Å². The van der Waals surface area contributed by atoms with E-state index in [9.17, 15) is 14.9 Å². The van der Waals surface area contributed by atoms with Crippen molar-refractivity contribution < 1.29 is 14.5 Å². The van der Waals surface area contributed by atoms with Crippen LogP contribution in [0.3, 0.4) is 0 Å². The van der Waals surface area contributed by atoms with E-state index in [-0.39, 0.29) is 12.1 Å². The van der Waals surface area contributed by atoms with E-state index in [1.807, 2.05) is 30.3 Å². The van der Waals surface area contributed by atoms with Crippen molar-refractivity contribution in [2.75, 3.05) is 0 Å². The third-order valence-electron chi connectivity index (χ3n) is 5.21. The van der Waals surface area contributed by atoms with Crippen molar-refractivity contribution >= 4 is 73.8 Å². The second-order valence-corrected chi connectivity index (χ2v) is 9.92. The van der Waals surface area contributed by atoms with E-state index in [4.69, 9.17) is 4.74 Å². The van der Waals surface area contributed by atoms with Gasteiger partial charge < -0.3 is 4.74 Å². The molecule has 0 saturated heterocycles. The zero-order valence-corrected chi connectivity index (χ0v) is 22.6. The van der Waals surface area contributed by atoms with Gasteiger partial charge in [0.1, 0.15) is 12.4 Å². The van der Waals surface area contributed by atoms with Crippen molar-refractivity contribution in [1.82, 2.24) is 5.43 Å². The molecule has 0 bridgehead atoms. The van der Waals surface area contributed by atoms with Crippen LogP contribution >= 0.6 is 45.2 Å². The lowest BCUT2D eigenvalue weighted by Crippen LogP contribution is -2.20. The van der Waals surface area contributed by atoms with Crippen LogP contribution in [-0.4, -0.2) is 17.0 Å². The smallest absolute Gasteiger partial charge is 0.273 e. The van der Waals surface area contributed by atoms with Gasteiger partial charge in [0.15, 0.2) is 0 Å². The first kappa shape index (κ1) is 25.0. The standard InChI is InChI=1S/C26H19I2N3O4/c27-22-12-17(15-29-30-25(32)14-19-7-2-4-11-24(19)31(33)34)13-23(28)26(22)35-16-20-9-5-8-18-6-1-3-10-21(18)20/h1-13,15H,14,16H2,(H,30,32)/b29-15+. The van der Waals surface area contributed by atoms with Crippen LogP contribution in [0.4, 0.5) is 5.69 Å². The van der Waals surface area contributed by atoms with Gasteiger partial charge in [-0.25, -0.2) is 5.43 Å². The fraction of sp³-hybridized carbons (Fsp3) is 0.0769. The molecule has 0 aromatic heterocycles. The molecule has 0 aliphatic heterocycles. The predicted octanol–water partition coefficient (Wildman–Crippen LogP) is 6.23. The van der Waals surface area contributed by atoms with Gasteiger partial charge >= 0.3 is 0 Å². The van der Waals surface area contributed by atoms with E-state index >= 15 is 0 Å². The zero-order chi connectivity index (χ0) is 24.8. The molecule has 4 aromatic carbocycles. The minimum atomic E-state index is -0.500. The zero-order valence-electron chi connectivity index (χ0n) is 18.3. The largest absolute Gasteiger partial charge is 0.487 e. The summed E-state index contributed by atoms with van der Waals surface area (Å²) in [6.07, 6.45) is 1.40. The van der Waals surface area contributed by atoms with Gasteiger partial charge in [0, 0.05) is 11.6 Å². The molecule has 7 nitrogen and oxygen atoms in total. The Kier molecular flexibility index (Phi) is 8.29. The Morgan fingerprint density at radius 2 is 1.63 bits per heavy atom. The highest BCUT2D eigenvalue weighted by atomic mass is 127. The van der Waals surface area contributed by atoms with E-state index in [1.165, 1.54) is 23.1 Å². The fourth-order valence-electron chi connectivity index (χ4n) is 3.59. The number of hydrogen-bond acceptors (Lipinski definition) is 5. The van der Waals surface area contributed by atoms with E-state index < -0.39 is 10.8 Å². The van der Waals surface area contributed by atoms with Gasteiger partial charge in [0.2, 0.25) is 5.91 Å². The van der Waals surface area contributed by atoms with Crippen LogP contribution in [0.25, 0.3) is 10.8 Å². The summed E-state index contributed by atoms with van der Waals surface area (Å²) in [5.41, 5.74) is 4.59. The number of amides is 1. The molecule has 35 heavy (non-hydrogen) atoms. The van der Waals surface area contributed by atoms with E-state index in [0.29, 0.717) is 12.2 Å². The summed E-state index contributed by atoms with van der Waals surface area (Å²) in [5, 5.41) is 17.5. The summed E-state index contributed by atoms with van der Waals surface area (Å²) in [7, 11) is 0. The average Bonchev–Trinajstić information content (AvgIpc) is 2.84. The van der Waals surface area contributed by atoms with E-state index in [2.05, 4.69) is 80.0 Å². The number of nitro benzene ring substituents is 1. The number of hydrogen-bond donors (Lipinski definition) is 1. The molecule has 1 N–H and O–H groups in total. The molecule has 176 valence electrons. The molecule has 1 amide bonds. The normalized spacial score (nSPS) is 11.0. The lowest BCUT2D eigenvalue weighted by Gasteiger charge is -2.13. The lowest BCUT2D eigenvalue weighted by molar-refractivity contribution is -0.385. The second-order valence-electron chi connectivity index (χ2n) is 7.60. The summed E-state index contributed by atoms with van der Waals surface area (Å²) in [6, 6.07) is 24.4. The predicted molar refractivity (Wildman–Crippen MR) is 153 cm³/mol. The number of fused-ring (bicyclic) bond motifs is 1. The molecule has 0 atom stereocenters. The Bertz CT molecular complexity index is 1410. The number of benzene rings is 4. The van der Waals surface area contributed by atoms with Crippen molar-refractivity contribution in [1.29, 1.82) is 0 Å². The van der Waals surface area contributed by atoms with Crippen LogP contribution < -0.4 is 10.2 Å². The first-order valence-electron chi connectivity index (χ1n) is 10.5. The fourth-order valence-corrected chi connectivity index (χ4v) is 5.72. The van der Waals surface area contributed by atoms with Crippen LogP contribution in [-0.2, 0) is 17.8 Å². The molecule has 4 rings (SSSR count). The molecule has 0 spiro atoms. The molecular formula is C26H19I2N3O4. The molecule has 0 unspecified atom stereocenters. The number of nitro groups is 1. The highest BCUT2D eigenvalue weighted by molar-refractivity contribution is 14.1. The number of nitrogens with zero attached hydrogens (tertiary/aromatic N) is 2. The molecule has 4 aromatic rings. The van der Waals surface area contributed by atoms with Gasteiger partial charge in [-0.2, -0.15) is 5.10 Å². The van der Waals surface area contributed by atoms with Gasteiger partial charge in [-0.05, 0) is 79.2 Å². The van der Waals surface area contributed by atoms with Gasteiger partial charge in [-0.3, -0.25) is 14.9 Å². The molecule has 0 saturated carbocycles. The van der Waals surface area contributed by atoms with Crippen LogP contribution in [0.2, 0.25) is 0 Å². The monoisotopic (exact) mass is 691 g/mol. The average molecular weight is 691 g/mol. The first-order chi connectivity index (χ1) is 16.9. The molecule has 0 fully saturated rings. The third kappa shape index (κ3) is 6.34. The van der Waals surface area contributed by atoms with Gasteiger partial charge in [0.05, 0.1) is 24.7 Å². The van der Waals surface area contributed by atoms with Crippen molar-refractivity contribution in [3.63, 3.8) is 0 Å². The maximum Gasteiger partial charge on any atom is 0.273 e. The molecule has 0 heterocycles. The number of carbonyl (C=O) groups excluding carboxylic acids is 1. The number of ether oxygens (including phenoxy) is 1. The summed E-state index contributed by atoms with van der Waals surface area (Å²) < 4.78 is 8.01. The summed E-state index contributed by atoms with van der Waals surface area (Å²) >= 11 is 4.44.